The van der Waals surface area contributed by atoms with Crippen LogP contribution in [-0.2, 0) is 11.3 Å². The third-order valence-corrected chi connectivity index (χ3v) is 3.75. The minimum atomic E-state index is -0.459. The highest BCUT2D eigenvalue weighted by molar-refractivity contribution is 5.85. The number of nitrogens with one attached hydrogen (secondary N) is 1. The van der Waals surface area contributed by atoms with E-state index in [9.17, 15) is 4.79 Å². The number of hydrogen-bond acceptors (Lipinski definition) is 3. The smallest absolute Gasteiger partial charge is 0.237 e. The minimum Gasteiger partial charge on any atom is -0.349 e. The first-order valence-electron chi connectivity index (χ1n) is 6.99. The number of imidazole rings is 1. The molecule has 0 aliphatic heterocycles. The largest absolute Gasteiger partial charge is 0.349 e. The van der Waals surface area contributed by atoms with Crippen LogP contribution >= 0.6 is 12.4 Å². The van der Waals surface area contributed by atoms with Gasteiger partial charge in [-0.25, -0.2) is 4.98 Å². The first kappa shape index (κ1) is 17.5. The van der Waals surface area contributed by atoms with Crippen LogP contribution in [0.1, 0.15) is 31.7 Å². The molecule has 2 rings (SSSR count). The molecule has 0 aliphatic rings. The lowest BCUT2D eigenvalue weighted by Gasteiger charge is -2.17. The number of carbonyl (C=O) groups excluding carboxylic acids is 1. The fourth-order valence-corrected chi connectivity index (χ4v) is 2.09. The minimum absolute atomic E-state index is 0. The molecule has 2 heterocycles. The fraction of sp³-hybridized carbons (Fsp3) is 0.467. The first-order valence-corrected chi connectivity index (χ1v) is 6.99. The molecule has 5 nitrogen and oxygen atoms in total. The van der Waals surface area contributed by atoms with Crippen molar-refractivity contribution in [3.05, 3.63) is 35.8 Å². The van der Waals surface area contributed by atoms with E-state index >= 15 is 0 Å². The Kier molecular flexibility index (Phi) is 6.18. The van der Waals surface area contributed by atoms with Crippen molar-refractivity contribution in [1.82, 2.24) is 14.7 Å². The van der Waals surface area contributed by atoms with Crippen molar-refractivity contribution in [2.75, 3.05) is 0 Å². The highest BCUT2D eigenvalue weighted by Crippen LogP contribution is 2.09. The van der Waals surface area contributed by atoms with E-state index < -0.39 is 6.04 Å². The summed E-state index contributed by atoms with van der Waals surface area (Å²) in [5, 5.41) is 2.85. The maximum absolute atomic E-state index is 11.9. The van der Waals surface area contributed by atoms with Gasteiger partial charge >= 0.3 is 0 Å². The molecule has 2 aromatic heterocycles. The van der Waals surface area contributed by atoms with Crippen LogP contribution < -0.4 is 11.1 Å². The van der Waals surface area contributed by atoms with E-state index in [0.29, 0.717) is 6.54 Å². The Balaban J connectivity index is 0.00000220. The van der Waals surface area contributed by atoms with Gasteiger partial charge in [0.25, 0.3) is 0 Å². The second-order valence-electron chi connectivity index (χ2n) is 5.26. The lowest BCUT2D eigenvalue weighted by Crippen LogP contribution is -2.44. The molecule has 1 amide bonds. The molecule has 2 atom stereocenters. The van der Waals surface area contributed by atoms with Crippen LogP contribution in [0.2, 0.25) is 0 Å². The van der Waals surface area contributed by atoms with Crippen molar-refractivity contribution in [2.24, 2.45) is 11.7 Å². The number of nitrogens with zero attached hydrogens (tertiary/aromatic N) is 2. The Hall–Kier alpha value is -1.59. The summed E-state index contributed by atoms with van der Waals surface area (Å²) in [6.45, 7) is 6.45. The number of fused-ring (bicyclic) bond motifs is 1. The molecule has 0 fully saturated rings. The highest BCUT2D eigenvalue weighted by atomic mass is 35.5. The zero-order chi connectivity index (χ0) is 14.7. The van der Waals surface area contributed by atoms with E-state index in [2.05, 4.69) is 10.3 Å². The number of carbonyl (C=O) groups is 1. The van der Waals surface area contributed by atoms with E-state index in [1.54, 1.807) is 0 Å². The van der Waals surface area contributed by atoms with E-state index in [1.807, 2.05) is 49.6 Å². The molecule has 0 spiro atoms. The molecule has 3 N–H and O–H groups in total. The average molecular weight is 311 g/mol. The number of aryl methyl sites for hydroxylation is 1. The third kappa shape index (κ3) is 3.95. The van der Waals surface area contributed by atoms with Gasteiger partial charge in [0.15, 0.2) is 0 Å². The van der Waals surface area contributed by atoms with E-state index in [1.165, 1.54) is 0 Å². The summed E-state index contributed by atoms with van der Waals surface area (Å²) in [5.41, 5.74) is 8.74. The molecule has 2 aromatic rings. The van der Waals surface area contributed by atoms with Crippen LogP contribution in [-0.4, -0.2) is 21.3 Å². The van der Waals surface area contributed by atoms with Gasteiger partial charge in [-0.15, -0.1) is 12.4 Å². The number of nitrogens with two attached hydrogens (primary N) is 1. The second kappa shape index (κ2) is 7.43. The van der Waals surface area contributed by atoms with Crippen molar-refractivity contribution < 1.29 is 4.79 Å². The van der Waals surface area contributed by atoms with Crippen LogP contribution in [0, 0.1) is 12.8 Å². The van der Waals surface area contributed by atoms with Crippen molar-refractivity contribution in [3.8, 4) is 0 Å². The average Bonchev–Trinajstić information content (AvgIpc) is 2.87. The molecule has 0 radical (unpaired) electrons. The Morgan fingerprint density at radius 2 is 2.19 bits per heavy atom. The Labute approximate surface area is 131 Å². The normalized spacial score (nSPS) is 13.5. The number of rotatable bonds is 5. The summed E-state index contributed by atoms with van der Waals surface area (Å²) < 4.78 is 2.01. The zero-order valence-electron chi connectivity index (χ0n) is 12.7. The summed E-state index contributed by atoms with van der Waals surface area (Å²) >= 11 is 0. The Bertz CT molecular complexity index is 611. The van der Waals surface area contributed by atoms with E-state index in [0.717, 1.165) is 23.5 Å². The summed E-state index contributed by atoms with van der Waals surface area (Å²) in [5.74, 6) is 0.0615. The molecule has 6 heteroatoms. The van der Waals surface area contributed by atoms with Crippen molar-refractivity contribution in [1.29, 1.82) is 0 Å². The molecular weight excluding hydrogens is 288 g/mol. The summed E-state index contributed by atoms with van der Waals surface area (Å²) in [6, 6.07) is 5.48. The Morgan fingerprint density at radius 3 is 2.81 bits per heavy atom. The molecule has 0 bridgehead atoms. The van der Waals surface area contributed by atoms with Crippen molar-refractivity contribution >= 4 is 24.0 Å². The summed E-state index contributed by atoms with van der Waals surface area (Å²) in [6.07, 6.45) is 2.84. The van der Waals surface area contributed by atoms with Gasteiger partial charge in [0.2, 0.25) is 5.91 Å². The number of aromatic nitrogens is 2. The molecule has 0 aromatic carbocycles. The highest BCUT2D eigenvalue weighted by Gasteiger charge is 2.19. The fourth-order valence-electron chi connectivity index (χ4n) is 2.09. The van der Waals surface area contributed by atoms with Gasteiger partial charge in [0, 0.05) is 11.9 Å². The van der Waals surface area contributed by atoms with Gasteiger partial charge in [-0.2, -0.15) is 0 Å². The number of hydrogen-bond donors (Lipinski definition) is 2. The lowest BCUT2D eigenvalue weighted by atomic mass is 9.99. The van der Waals surface area contributed by atoms with E-state index in [-0.39, 0.29) is 24.2 Å². The van der Waals surface area contributed by atoms with E-state index in [4.69, 9.17) is 5.73 Å². The predicted octanol–water partition coefficient (Wildman–Crippen LogP) is 2.05. The van der Waals surface area contributed by atoms with Crippen molar-refractivity contribution in [2.45, 2.75) is 39.8 Å². The SMILES string of the molecule is CCC(C)C(N)C(=O)NCc1cn2c(C)cccc2n1.Cl. The van der Waals surface area contributed by atoms with Crippen molar-refractivity contribution in [3.63, 3.8) is 0 Å². The molecule has 21 heavy (non-hydrogen) atoms. The number of amides is 1. The monoisotopic (exact) mass is 310 g/mol. The summed E-state index contributed by atoms with van der Waals surface area (Å²) in [4.78, 5) is 16.4. The molecule has 0 saturated carbocycles. The Morgan fingerprint density at radius 1 is 1.48 bits per heavy atom. The molecular formula is C15H23ClN4O. The third-order valence-electron chi connectivity index (χ3n) is 3.75. The first-order chi connectivity index (χ1) is 9.52. The molecule has 116 valence electrons. The lowest BCUT2D eigenvalue weighted by molar-refractivity contribution is -0.123. The topological polar surface area (TPSA) is 72.4 Å². The van der Waals surface area contributed by atoms with Gasteiger partial charge in [0.1, 0.15) is 5.65 Å². The molecule has 0 saturated heterocycles. The molecule has 0 aliphatic carbocycles. The van der Waals surface area contributed by atoms with Crippen LogP contribution in [0.15, 0.2) is 24.4 Å². The summed E-state index contributed by atoms with van der Waals surface area (Å²) in [7, 11) is 0. The van der Waals surface area contributed by atoms with Gasteiger partial charge < -0.3 is 15.5 Å². The predicted molar refractivity (Wildman–Crippen MR) is 86.5 cm³/mol. The second-order valence-corrected chi connectivity index (χ2v) is 5.26. The van der Waals surface area contributed by atoms with Gasteiger partial charge in [0.05, 0.1) is 18.3 Å². The number of halogens is 1. The standard InChI is InChI=1S/C15H22N4O.ClH/c1-4-10(2)14(16)15(20)17-8-12-9-19-11(3)6-5-7-13(19)18-12;/h5-7,9-10,14H,4,8,16H2,1-3H3,(H,17,20);1H. The van der Waals surface area contributed by atoms with Gasteiger partial charge in [-0.1, -0.05) is 26.3 Å². The quantitative estimate of drug-likeness (QED) is 0.888. The van der Waals surface area contributed by atoms with Crippen LogP contribution in [0.3, 0.4) is 0 Å². The van der Waals surface area contributed by atoms with Crippen LogP contribution in [0.4, 0.5) is 0 Å². The molecule has 2 unspecified atom stereocenters. The zero-order valence-corrected chi connectivity index (χ0v) is 13.5. The number of pyridine rings is 1. The van der Waals surface area contributed by atoms with Gasteiger partial charge in [-0.05, 0) is 25.0 Å². The van der Waals surface area contributed by atoms with Gasteiger partial charge in [-0.3, -0.25) is 4.79 Å². The van der Waals surface area contributed by atoms with Crippen LogP contribution in [0.5, 0.6) is 0 Å². The maximum Gasteiger partial charge on any atom is 0.237 e. The maximum atomic E-state index is 11.9. The van der Waals surface area contributed by atoms with Crippen LogP contribution in [0.25, 0.3) is 5.65 Å².